The molecule has 2 aliphatic rings. The number of hydrogen-bond donors (Lipinski definition) is 1. The number of ether oxygens (including phenoxy) is 1. The lowest BCUT2D eigenvalue weighted by Gasteiger charge is -2.15. The molecular weight excluding hydrogens is 332 g/mol. The van der Waals surface area contributed by atoms with Crippen LogP contribution in [0.1, 0.15) is 40.6 Å². The minimum atomic E-state index is 0.398. The molecule has 1 N–H and O–H groups in total. The van der Waals surface area contributed by atoms with Crippen LogP contribution in [0.2, 0.25) is 0 Å². The van der Waals surface area contributed by atoms with E-state index in [1.165, 1.54) is 15.6 Å². The Labute approximate surface area is 132 Å². The summed E-state index contributed by atoms with van der Waals surface area (Å²) in [6.45, 7) is 2.10. The third-order valence-corrected chi connectivity index (χ3v) is 5.14. The number of fused-ring (bicyclic) bond motifs is 2. The molecule has 0 saturated carbocycles. The van der Waals surface area contributed by atoms with Gasteiger partial charge in [-0.1, -0.05) is 33.2 Å². The zero-order valence-corrected chi connectivity index (χ0v) is 13.3. The lowest BCUT2D eigenvalue weighted by molar-refractivity contribution is 0.102. The Kier molecular flexibility index (Phi) is 3.57. The Hall–Kier alpha value is -1.17. The molecule has 4 rings (SSSR count). The van der Waals surface area contributed by atoms with Crippen LogP contribution in [0.15, 0.2) is 27.2 Å². The molecule has 1 aliphatic carbocycles. The molecule has 110 valence electrons. The number of benzene rings is 1. The van der Waals surface area contributed by atoms with Gasteiger partial charge in [0.15, 0.2) is 0 Å². The van der Waals surface area contributed by atoms with Gasteiger partial charge in [-0.3, -0.25) is 0 Å². The first kappa shape index (κ1) is 13.5. The smallest absolute Gasteiger partial charge is 0.144 e. The van der Waals surface area contributed by atoms with Crippen LogP contribution >= 0.6 is 15.9 Å². The van der Waals surface area contributed by atoms with Crippen LogP contribution in [0, 0.1) is 0 Å². The number of aromatic nitrogens is 1. The second kappa shape index (κ2) is 5.55. The average molecular weight is 349 g/mol. The molecule has 21 heavy (non-hydrogen) atoms. The first-order valence-corrected chi connectivity index (χ1v) is 8.17. The van der Waals surface area contributed by atoms with E-state index in [4.69, 9.17) is 9.26 Å². The third kappa shape index (κ3) is 2.43. The van der Waals surface area contributed by atoms with E-state index >= 15 is 0 Å². The van der Waals surface area contributed by atoms with Gasteiger partial charge in [0.1, 0.15) is 11.5 Å². The van der Waals surface area contributed by atoms with Gasteiger partial charge in [0.2, 0.25) is 0 Å². The summed E-state index contributed by atoms with van der Waals surface area (Å²) in [6, 6.07) is 6.84. The van der Waals surface area contributed by atoms with Crippen molar-refractivity contribution in [1.29, 1.82) is 0 Å². The SMILES string of the molecule is Brc1cccc2c1CCC2NCc1noc2c1COCC2. The summed E-state index contributed by atoms with van der Waals surface area (Å²) in [5, 5.41) is 7.82. The zero-order chi connectivity index (χ0) is 14.2. The molecular formula is C16H17BrN2O2. The van der Waals surface area contributed by atoms with Gasteiger partial charge in [-0.15, -0.1) is 0 Å². The Balaban J connectivity index is 1.49. The van der Waals surface area contributed by atoms with Crippen molar-refractivity contribution >= 4 is 15.9 Å². The molecule has 1 aromatic carbocycles. The van der Waals surface area contributed by atoms with E-state index in [2.05, 4.69) is 44.6 Å². The maximum Gasteiger partial charge on any atom is 0.144 e. The highest BCUT2D eigenvalue weighted by molar-refractivity contribution is 9.10. The van der Waals surface area contributed by atoms with Gasteiger partial charge in [-0.2, -0.15) is 0 Å². The number of hydrogen-bond acceptors (Lipinski definition) is 4. The van der Waals surface area contributed by atoms with E-state index < -0.39 is 0 Å². The fraction of sp³-hybridized carbons (Fsp3) is 0.438. The first-order valence-electron chi connectivity index (χ1n) is 7.37. The summed E-state index contributed by atoms with van der Waals surface area (Å²) in [7, 11) is 0. The van der Waals surface area contributed by atoms with Crippen molar-refractivity contribution < 1.29 is 9.26 Å². The summed E-state index contributed by atoms with van der Waals surface area (Å²) in [5.41, 5.74) is 4.97. The van der Waals surface area contributed by atoms with Crippen LogP contribution in [0.5, 0.6) is 0 Å². The molecule has 0 amide bonds. The fourth-order valence-corrected chi connectivity index (χ4v) is 3.84. The van der Waals surface area contributed by atoms with Gasteiger partial charge in [0.25, 0.3) is 0 Å². The van der Waals surface area contributed by atoms with Gasteiger partial charge in [0.05, 0.1) is 13.2 Å². The topological polar surface area (TPSA) is 47.3 Å². The zero-order valence-electron chi connectivity index (χ0n) is 11.7. The molecule has 2 aromatic rings. The van der Waals surface area contributed by atoms with Crippen molar-refractivity contribution in [3.05, 3.63) is 50.8 Å². The molecule has 0 fully saturated rings. The second-order valence-corrected chi connectivity index (χ2v) is 6.47. The highest BCUT2D eigenvalue weighted by Crippen LogP contribution is 2.35. The fourth-order valence-electron chi connectivity index (χ4n) is 3.26. The van der Waals surface area contributed by atoms with Crippen LogP contribution in [-0.2, 0) is 30.7 Å². The standard InChI is InChI=1S/C16H17BrN2O2/c17-13-3-1-2-11-10(13)4-5-14(11)18-8-15-12-9-20-7-6-16(12)21-19-15/h1-3,14,18H,4-9H2. The van der Waals surface area contributed by atoms with E-state index in [1.807, 2.05) is 0 Å². The van der Waals surface area contributed by atoms with Crippen molar-refractivity contribution in [3.8, 4) is 0 Å². The Morgan fingerprint density at radius 1 is 1.29 bits per heavy atom. The maximum atomic E-state index is 5.50. The van der Waals surface area contributed by atoms with Gasteiger partial charge >= 0.3 is 0 Å². The molecule has 0 bridgehead atoms. The first-order chi connectivity index (χ1) is 10.3. The molecule has 1 unspecified atom stereocenters. The van der Waals surface area contributed by atoms with E-state index in [0.717, 1.165) is 49.4 Å². The lowest BCUT2D eigenvalue weighted by atomic mass is 10.1. The Morgan fingerprint density at radius 3 is 3.19 bits per heavy atom. The number of rotatable bonds is 3. The average Bonchev–Trinajstić information content (AvgIpc) is 3.10. The molecule has 0 radical (unpaired) electrons. The second-order valence-electron chi connectivity index (χ2n) is 5.61. The molecule has 1 atom stereocenters. The normalized spacial score (nSPS) is 20.3. The van der Waals surface area contributed by atoms with E-state index in [1.54, 1.807) is 0 Å². The quantitative estimate of drug-likeness (QED) is 0.924. The largest absolute Gasteiger partial charge is 0.376 e. The maximum absolute atomic E-state index is 5.50. The minimum absolute atomic E-state index is 0.398. The molecule has 0 saturated heterocycles. The van der Waals surface area contributed by atoms with Gasteiger partial charge in [-0.25, -0.2) is 0 Å². The number of nitrogens with one attached hydrogen (secondary N) is 1. The molecule has 2 heterocycles. The monoisotopic (exact) mass is 348 g/mol. The van der Waals surface area contributed by atoms with Crippen molar-refractivity contribution in [2.45, 2.75) is 38.5 Å². The summed E-state index contributed by atoms with van der Waals surface area (Å²) in [5.74, 6) is 0.993. The van der Waals surface area contributed by atoms with Crippen LogP contribution in [-0.4, -0.2) is 11.8 Å². The van der Waals surface area contributed by atoms with Crippen molar-refractivity contribution in [1.82, 2.24) is 10.5 Å². The number of halogens is 1. The van der Waals surface area contributed by atoms with Gasteiger partial charge < -0.3 is 14.6 Å². The van der Waals surface area contributed by atoms with Crippen LogP contribution in [0.4, 0.5) is 0 Å². The van der Waals surface area contributed by atoms with Crippen LogP contribution in [0.25, 0.3) is 0 Å². The van der Waals surface area contributed by atoms with Crippen LogP contribution < -0.4 is 5.32 Å². The third-order valence-electron chi connectivity index (χ3n) is 4.40. The van der Waals surface area contributed by atoms with Crippen LogP contribution in [0.3, 0.4) is 0 Å². The number of nitrogens with zero attached hydrogens (tertiary/aromatic N) is 1. The molecule has 1 aliphatic heterocycles. The minimum Gasteiger partial charge on any atom is -0.376 e. The molecule has 0 spiro atoms. The van der Waals surface area contributed by atoms with E-state index in [0.29, 0.717) is 12.6 Å². The van der Waals surface area contributed by atoms with Crippen molar-refractivity contribution in [3.63, 3.8) is 0 Å². The van der Waals surface area contributed by atoms with Gasteiger partial charge in [0, 0.05) is 29.0 Å². The molecule has 5 heteroatoms. The highest BCUT2D eigenvalue weighted by atomic mass is 79.9. The lowest BCUT2D eigenvalue weighted by Crippen LogP contribution is -2.20. The van der Waals surface area contributed by atoms with Crippen molar-refractivity contribution in [2.24, 2.45) is 0 Å². The van der Waals surface area contributed by atoms with Crippen molar-refractivity contribution in [2.75, 3.05) is 6.61 Å². The molecule has 1 aromatic heterocycles. The highest BCUT2D eigenvalue weighted by Gasteiger charge is 2.25. The Morgan fingerprint density at radius 2 is 2.24 bits per heavy atom. The van der Waals surface area contributed by atoms with E-state index in [-0.39, 0.29) is 0 Å². The summed E-state index contributed by atoms with van der Waals surface area (Å²) in [4.78, 5) is 0. The van der Waals surface area contributed by atoms with Gasteiger partial charge in [-0.05, 0) is 30.0 Å². The summed E-state index contributed by atoms with van der Waals surface area (Å²) in [6.07, 6.45) is 3.09. The summed E-state index contributed by atoms with van der Waals surface area (Å²) < 4.78 is 12.1. The Bertz CT molecular complexity index is 668. The summed E-state index contributed by atoms with van der Waals surface area (Å²) >= 11 is 3.64. The predicted octanol–water partition coefficient (Wildman–Crippen LogP) is 3.29. The molecule has 4 nitrogen and oxygen atoms in total. The van der Waals surface area contributed by atoms with E-state index in [9.17, 15) is 0 Å². The predicted molar refractivity (Wildman–Crippen MR) is 81.9 cm³/mol.